The van der Waals surface area contributed by atoms with Crippen LogP contribution in [-0.4, -0.2) is 33.2 Å². The van der Waals surface area contributed by atoms with Crippen molar-refractivity contribution in [3.8, 4) is 11.8 Å². The number of ether oxygens (including phenoxy) is 2. The first-order valence-electron chi connectivity index (χ1n) is 12.0. The van der Waals surface area contributed by atoms with Gasteiger partial charge in [0.25, 0.3) is 0 Å². The third-order valence-electron chi connectivity index (χ3n) is 6.34. The number of carbonyl (C=O) groups excluding carboxylic acids is 2. The van der Waals surface area contributed by atoms with Gasteiger partial charge in [-0.3, -0.25) is 9.59 Å². The van der Waals surface area contributed by atoms with E-state index in [0.717, 1.165) is 6.42 Å². The topological polar surface area (TPSA) is 52.6 Å². The Bertz CT molecular complexity index is 740. The van der Waals surface area contributed by atoms with E-state index < -0.39 is 31.5 Å². The second kappa shape index (κ2) is 14.4. The Balaban J connectivity index is 7.22. The summed E-state index contributed by atoms with van der Waals surface area (Å²) in [7, 11) is -2.68. The molecule has 0 amide bonds. The van der Waals surface area contributed by atoms with Crippen LogP contribution in [0.15, 0.2) is 17.0 Å². The van der Waals surface area contributed by atoms with E-state index in [1.165, 1.54) is 0 Å². The van der Waals surface area contributed by atoms with Crippen LogP contribution in [0.3, 0.4) is 0 Å². The maximum atomic E-state index is 13.8. The fourth-order valence-electron chi connectivity index (χ4n) is 5.17. The number of allylic oxidation sites excluding steroid dienone is 1. The second-order valence-electron chi connectivity index (χ2n) is 9.24. The van der Waals surface area contributed by atoms with Crippen LogP contribution in [0.5, 0.6) is 0 Å². The minimum atomic E-state index is -2.68. The molecule has 0 radical (unpaired) electrons. The Morgan fingerprint density at radius 2 is 1.30 bits per heavy atom. The molecule has 0 aliphatic rings. The Kier molecular flexibility index (Phi) is 13.5. The molecular formula is C26H42F2O4Si. The van der Waals surface area contributed by atoms with Crippen molar-refractivity contribution in [1.29, 1.82) is 0 Å². The summed E-state index contributed by atoms with van der Waals surface area (Å²) >= 11 is 0. The summed E-state index contributed by atoms with van der Waals surface area (Å²) in [6, 6.07) is 0. The first kappa shape index (κ1) is 31.1. The molecule has 0 heterocycles. The highest BCUT2D eigenvalue weighted by Gasteiger charge is 2.54. The smallest absolute Gasteiger partial charge is 0.324 e. The van der Waals surface area contributed by atoms with Crippen LogP contribution in [0.25, 0.3) is 0 Å². The molecule has 0 aromatic heterocycles. The molecule has 0 aliphatic heterocycles. The van der Waals surface area contributed by atoms with Gasteiger partial charge >= 0.3 is 18.0 Å². The van der Waals surface area contributed by atoms with Crippen LogP contribution in [0.1, 0.15) is 88.0 Å². The zero-order valence-corrected chi connectivity index (χ0v) is 22.9. The monoisotopic (exact) mass is 484 g/mol. The van der Waals surface area contributed by atoms with Crippen molar-refractivity contribution in [3.63, 3.8) is 0 Å². The van der Waals surface area contributed by atoms with Gasteiger partial charge in [-0.2, -0.15) is 8.78 Å². The number of unbranched alkanes of at least 4 members (excludes halogenated alkanes) is 1. The van der Waals surface area contributed by atoms with Crippen molar-refractivity contribution in [2.45, 2.75) is 105 Å². The average Bonchev–Trinajstić information content (AvgIpc) is 2.69. The van der Waals surface area contributed by atoms with Crippen molar-refractivity contribution in [2.24, 2.45) is 5.41 Å². The van der Waals surface area contributed by atoms with Crippen LogP contribution in [0.2, 0.25) is 16.6 Å². The van der Waals surface area contributed by atoms with Crippen molar-refractivity contribution in [1.82, 2.24) is 0 Å². The lowest BCUT2D eigenvalue weighted by Gasteiger charge is -2.45. The predicted octanol–water partition coefficient (Wildman–Crippen LogP) is 7.21. The van der Waals surface area contributed by atoms with Gasteiger partial charge < -0.3 is 9.47 Å². The summed E-state index contributed by atoms with van der Waals surface area (Å²) in [4.78, 5) is 26.6. The predicted molar refractivity (Wildman–Crippen MR) is 131 cm³/mol. The van der Waals surface area contributed by atoms with E-state index in [0.29, 0.717) is 11.6 Å². The molecule has 0 aliphatic carbocycles. The van der Waals surface area contributed by atoms with Crippen molar-refractivity contribution in [2.75, 3.05) is 13.2 Å². The largest absolute Gasteiger partial charge is 0.465 e. The summed E-state index contributed by atoms with van der Waals surface area (Å²) in [6.45, 7) is 17.5. The average molecular weight is 485 g/mol. The lowest BCUT2D eigenvalue weighted by molar-refractivity contribution is -0.171. The van der Waals surface area contributed by atoms with Gasteiger partial charge in [-0.25, -0.2) is 0 Å². The third-order valence-corrected chi connectivity index (χ3v) is 13.4. The van der Waals surface area contributed by atoms with E-state index in [4.69, 9.17) is 9.47 Å². The van der Waals surface area contributed by atoms with E-state index in [9.17, 15) is 18.4 Å². The third kappa shape index (κ3) is 7.55. The van der Waals surface area contributed by atoms with E-state index in [2.05, 4.69) is 17.6 Å². The fourth-order valence-corrected chi connectivity index (χ4v) is 12.2. The molecule has 33 heavy (non-hydrogen) atoms. The van der Waals surface area contributed by atoms with Crippen molar-refractivity contribution >= 4 is 20.0 Å². The van der Waals surface area contributed by atoms with Gasteiger partial charge in [0.2, 0.25) is 0 Å². The van der Waals surface area contributed by atoms with Gasteiger partial charge in [0.1, 0.15) is 0 Å². The minimum absolute atomic E-state index is 0.0514. The molecule has 0 saturated carbocycles. The molecule has 0 rings (SSSR count). The number of hydrogen-bond donors (Lipinski definition) is 0. The quantitative estimate of drug-likeness (QED) is 0.0966. The van der Waals surface area contributed by atoms with Crippen LogP contribution in [0, 0.1) is 17.3 Å². The van der Waals surface area contributed by atoms with Gasteiger partial charge in [0, 0.05) is 19.3 Å². The Morgan fingerprint density at radius 1 is 0.848 bits per heavy atom. The van der Waals surface area contributed by atoms with Gasteiger partial charge in [-0.15, -0.1) is 11.8 Å². The van der Waals surface area contributed by atoms with Crippen molar-refractivity contribution < 1.29 is 27.8 Å². The number of esters is 2. The SMILES string of the molecule is CCCC#CCC(CC(=C=C(F)F)[Si](C(C)C)(C(C)C)C(C)C)(C(=O)OCC)C(=O)OCC. The molecule has 7 heteroatoms. The molecule has 0 aromatic rings. The minimum Gasteiger partial charge on any atom is -0.465 e. The highest BCUT2D eigenvalue weighted by molar-refractivity contribution is 6.89. The van der Waals surface area contributed by atoms with Crippen molar-refractivity contribution in [3.05, 3.63) is 17.0 Å². The first-order chi connectivity index (χ1) is 15.4. The Morgan fingerprint density at radius 3 is 1.64 bits per heavy atom. The van der Waals surface area contributed by atoms with Gasteiger partial charge in [-0.1, -0.05) is 54.2 Å². The Hall–Kier alpha value is -1.90. The highest BCUT2D eigenvalue weighted by Crippen LogP contribution is 2.50. The molecule has 0 fully saturated rings. The number of rotatable bonds is 12. The molecule has 0 N–H and O–H groups in total. The van der Waals surface area contributed by atoms with E-state index in [-0.39, 0.29) is 42.7 Å². The highest BCUT2D eigenvalue weighted by atomic mass is 28.3. The van der Waals surface area contributed by atoms with Crippen LogP contribution in [-0.2, 0) is 19.1 Å². The molecule has 0 spiro atoms. The van der Waals surface area contributed by atoms with E-state index in [1.807, 2.05) is 48.5 Å². The van der Waals surface area contributed by atoms with Crippen LogP contribution < -0.4 is 0 Å². The Labute approximate surface area is 200 Å². The second-order valence-corrected chi connectivity index (χ2v) is 15.2. The van der Waals surface area contributed by atoms with Gasteiger partial charge in [-0.05, 0) is 42.1 Å². The van der Waals surface area contributed by atoms with E-state index in [1.54, 1.807) is 13.8 Å². The van der Waals surface area contributed by atoms with Crippen LogP contribution >= 0.6 is 0 Å². The molecule has 0 unspecified atom stereocenters. The summed E-state index contributed by atoms with van der Waals surface area (Å²) in [6.07, 6.45) is -0.912. The zero-order chi connectivity index (χ0) is 25.8. The standard InChI is InChI=1S/C26H42F2O4Si/c1-10-13-14-15-16-26(24(29)31-11-2,25(30)32-12-3)18-22(17-23(27)28)33(19(4)5,20(6)7)21(8)9/h19-21H,10-13,16,18H2,1-9H3. The lowest BCUT2D eigenvalue weighted by Crippen LogP contribution is -2.51. The summed E-state index contributed by atoms with van der Waals surface area (Å²) in [5.41, 5.74) is 0.725. The summed E-state index contributed by atoms with van der Waals surface area (Å²) in [5, 5.41) is 0.362. The number of carbonyl (C=O) groups is 2. The molecule has 0 bridgehead atoms. The van der Waals surface area contributed by atoms with Gasteiger partial charge in [0.15, 0.2) is 5.41 Å². The lowest BCUT2D eigenvalue weighted by atomic mass is 9.80. The maximum Gasteiger partial charge on any atom is 0.324 e. The molecule has 0 atom stereocenters. The molecular weight excluding hydrogens is 442 g/mol. The molecule has 0 aromatic carbocycles. The zero-order valence-electron chi connectivity index (χ0n) is 21.9. The fraction of sp³-hybridized carbons (Fsp3) is 0.731. The first-order valence-corrected chi connectivity index (χ1v) is 14.2. The molecule has 0 saturated heterocycles. The molecule has 188 valence electrons. The molecule has 4 nitrogen and oxygen atoms in total. The maximum absolute atomic E-state index is 13.8. The number of halogens is 2. The van der Waals surface area contributed by atoms with Gasteiger partial charge in [0.05, 0.1) is 21.3 Å². The summed E-state index contributed by atoms with van der Waals surface area (Å²) in [5.74, 6) is 4.33. The summed E-state index contributed by atoms with van der Waals surface area (Å²) < 4.78 is 38.2. The normalized spacial score (nSPS) is 11.7. The van der Waals surface area contributed by atoms with E-state index >= 15 is 0 Å². The number of hydrogen-bond acceptors (Lipinski definition) is 4. The van der Waals surface area contributed by atoms with Crippen LogP contribution in [0.4, 0.5) is 8.78 Å².